The number of anilines is 1. The topological polar surface area (TPSA) is 60.5 Å². The number of amides is 1. The molecule has 0 spiro atoms. The molecule has 0 aliphatic rings. The Labute approximate surface area is 121 Å². The van der Waals surface area contributed by atoms with Crippen molar-refractivity contribution < 1.29 is 14.3 Å². The molecule has 6 heteroatoms. The Bertz CT molecular complexity index is 587. The summed E-state index contributed by atoms with van der Waals surface area (Å²) in [6, 6.07) is 10.6. The van der Waals surface area contributed by atoms with Gasteiger partial charge in [-0.25, -0.2) is 4.79 Å². The molecule has 0 aliphatic heterocycles. The first-order valence-corrected chi connectivity index (χ1v) is 6.24. The summed E-state index contributed by atoms with van der Waals surface area (Å²) in [6.07, 6.45) is 1.00. The number of halogens is 1. The smallest absolute Gasteiger partial charge is 0.411 e. The van der Waals surface area contributed by atoms with Gasteiger partial charge in [0.15, 0.2) is 0 Å². The minimum atomic E-state index is -0.550. The lowest BCUT2D eigenvalue weighted by Gasteiger charge is -2.11. The van der Waals surface area contributed by atoms with Crippen molar-refractivity contribution in [2.45, 2.75) is 6.61 Å². The number of ether oxygens (including phenoxy) is 2. The van der Waals surface area contributed by atoms with Crippen LogP contribution in [-0.2, 0) is 11.3 Å². The normalized spacial score (nSPS) is 9.90. The molecule has 0 radical (unpaired) electrons. The quantitative estimate of drug-likeness (QED) is 0.937. The van der Waals surface area contributed by atoms with E-state index in [0.717, 1.165) is 5.69 Å². The van der Waals surface area contributed by atoms with E-state index >= 15 is 0 Å². The van der Waals surface area contributed by atoms with Crippen molar-refractivity contribution >= 4 is 23.4 Å². The van der Waals surface area contributed by atoms with Gasteiger partial charge in [0.05, 0.1) is 23.5 Å². The monoisotopic (exact) mass is 292 g/mol. The fourth-order valence-electron chi connectivity index (χ4n) is 1.50. The molecular formula is C14H13ClN2O3. The molecule has 0 fully saturated rings. The molecule has 5 nitrogen and oxygen atoms in total. The van der Waals surface area contributed by atoms with Gasteiger partial charge in [-0.2, -0.15) is 0 Å². The number of carbonyl (C=O) groups is 1. The molecule has 2 aromatic rings. The van der Waals surface area contributed by atoms with Gasteiger partial charge in [-0.15, -0.1) is 0 Å². The molecular weight excluding hydrogens is 280 g/mol. The Hall–Kier alpha value is -2.27. The molecule has 0 bridgehead atoms. The zero-order valence-corrected chi connectivity index (χ0v) is 11.6. The maximum absolute atomic E-state index is 11.2. The van der Waals surface area contributed by atoms with Crippen LogP contribution < -0.4 is 10.1 Å². The number of benzene rings is 1. The van der Waals surface area contributed by atoms with E-state index in [2.05, 4.69) is 15.0 Å². The largest absolute Gasteiger partial charge is 0.485 e. The van der Waals surface area contributed by atoms with E-state index in [0.29, 0.717) is 16.5 Å². The fraction of sp³-hybridized carbons (Fsp3) is 0.143. The second-order valence-electron chi connectivity index (χ2n) is 3.87. The van der Waals surface area contributed by atoms with Crippen LogP contribution in [0.25, 0.3) is 0 Å². The second kappa shape index (κ2) is 6.77. The number of aromatic nitrogens is 1. The van der Waals surface area contributed by atoms with E-state index in [1.165, 1.54) is 7.11 Å². The average molecular weight is 293 g/mol. The lowest BCUT2D eigenvalue weighted by atomic mass is 10.3. The summed E-state index contributed by atoms with van der Waals surface area (Å²) in [5.74, 6) is 0.537. The zero-order chi connectivity index (χ0) is 14.4. The lowest BCUT2D eigenvalue weighted by Crippen LogP contribution is -2.12. The van der Waals surface area contributed by atoms with Crippen molar-refractivity contribution in [3.8, 4) is 5.75 Å². The van der Waals surface area contributed by atoms with E-state index in [1.807, 2.05) is 6.07 Å². The molecule has 1 aromatic heterocycles. The highest BCUT2D eigenvalue weighted by atomic mass is 35.5. The molecule has 104 valence electrons. The third kappa shape index (κ3) is 3.86. The first-order valence-electron chi connectivity index (χ1n) is 5.86. The van der Waals surface area contributed by atoms with Crippen LogP contribution in [0.5, 0.6) is 5.75 Å². The number of carbonyl (C=O) groups excluding carboxylic acids is 1. The van der Waals surface area contributed by atoms with E-state index in [1.54, 1.807) is 36.5 Å². The SMILES string of the molecule is COC(=O)Nc1ccccc1OCc1ccc(Cl)cn1. The predicted octanol–water partition coefficient (Wildman–Crippen LogP) is 3.49. The third-order valence-electron chi connectivity index (χ3n) is 2.47. The number of hydrogen-bond acceptors (Lipinski definition) is 4. The zero-order valence-electron chi connectivity index (χ0n) is 10.8. The summed E-state index contributed by atoms with van der Waals surface area (Å²) in [6.45, 7) is 0.275. The van der Waals surface area contributed by atoms with E-state index in [-0.39, 0.29) is 6.61 Å². The van der Waals surface area contributed by atoms with Gasteiger partial charge in [-0.3, -0.25) is 10.3 Å². The molecule has 1 amide bonds. The van der Waals surface area contributed by atoms with Gasteiger partial charge in [0, 0.05) is 6.20 Å². The Kier molecular flexibility index (Phi) is 4.79. The van der Waals surface area contributed by atoms with E-state index in [9.17, 15) is 4.79 Å². The summed E-state index contributed by atoms with van der Waals surface area (Å²) in [5.41, 5.74) is 1.27. The maximum Gasteiger partial charge on any atom is 0.411 e. The van der Waals surface area contributed by atoms with Gasteiger partial charge in [-0.05, 0) is 24.3 Å². The highest BCUT2D eigenvalue weighted by Gasteiger charge is 2.07. The van der Waals surface area contributed by atoms with Crippen LogP contribution in [0.1, 0.15) is 5.69 Å². The summed E-state index contributed by atoms with van der Waals surface area (Å²) in [4.78, 5) is 15.4. The first kappa shape index (κ1) is 14.1. The van der Waals surface area contributed by atoms with Crippen LogP contribution in [0.3, 0.4) is 0 Å². The van der Waals surface area contributed by atoms with Gasteiger partial charge in [0.1, 0.15) is 12.4 Å². The lowest BCUT2D eigenvalue weighted by molar-refractivity contribution is 0.186. The van der Waals surface area contributed by atoms with Gasteiger partial charge in [-0.1, -0.05) is 23.7 Å². The standard InChI is InChI=1S/C14H13ClN2O3/c1-19-14(18)17-12-4-2-3-5-13(12)20-9-11-7-6-10(15)8-16-11/h2-8H,9H2,1H3,(H,17,18). The Morgan fingerprint density at radius 2 is 2.10 bits per heavy atom. The maximum atomic E-state index is 11.2. The first-order chi connectivity index (χ1) is 9.69. The molecule has 1 N–H and O–H groups in total. The number of pyridine rings is 1. The van der Waals surface area contributed by atoms with E-state index < -0.39 is 6.09 Å². The molecule has 0 unspecified atom stereocenters. The third-order valence-corrected chi connectivity index (χ3v) is 2.70. The van der Waals surface area contributed by atoms with E-state index in [4.69, 9.17) is 16.3 Å². The van der Waals surface area contributed by atoms with Crippen LogP contribution in [-0.4, -0.2) is 18.2 Å². The van der Waals surface area contributed by atoms with Gasteiger partial charge < -0.3 is 9.47 Å². The van der Waals surface area contributed by atoms with Gasteiger partial charge in [0.2, 0.25) is 0 Å². The van der Waals surface area contributed by atoms with Gasteiger partial charge in [0.25, 0.3) is 0 Å². The molecule has 0 saturated carbocycles. The van der Waals surface area contributed by atoms with Crippen LogP contribution in [0.2, 0.25) is 5.02 Å². The average Bonchev–Trinajstić information content (AvgIpc) is 2.48. The number of nitrogens with one attached hydrogen (secondary N) is 1. The summed E-state index contributed by atoms with van der Waals surface area (Å²) in [5, 5.41) is 3.15. The molecule has 2 rings (SSSR count). The number of nitrogens with zero attached hydrogens (tertiary/aromatic N) is 1. The molecule has 0 saturated heterocycles. The number of rotatable bonds is 4. The molecule has 1 aromatic carbocycles. The number of para-hydroxylation sites is 2. The van der Waals surface area contributed by atoms with Crippen molar-refractivity contribution in [3.63, 3.8) is 0 Å². The van der Waals surface area contributed by atoms with Gasteiger partial charge >= 0.3 is 6.09 Å². The summed E-state index contributed by atoms with van der Waals surface area (Å²) < 4.78 is 10.2. The number of hydrogen-bond donors (Lipinski definition) is 1. The molecule has 0 atom stereocenters. The molecule has 20 heavy (non-hydrogen) atoms. The summed E-state index contributed by atoms with van der Waals surface area (Å²) in [7, 11) is 1.30. The molecule has 0 aliphatic carbocycles. The second-order valence-corrected chi connectivity index (χ2v) is 4.31. The Morgan fingerprint density at radius 1 is 1.30 bits per heavy atom. The number of methoxy groups -OCH3 is 1. The fourth-order valence-corrected chi connectivity index (χ4v) is 1.61. The van der Waals surface area contributed by atoms with Crippen molar-refractivity contribution in [1.82, 2.24) is 4.98 Å². The van der Waals surface area contributed by atoms with Crippen molar-refractivity contribution in [1.29, 1.82) is 0 Å². The van der Waals surface area contributed by atoms with Crippen LogP contribution in [0.15, 0.2) is 42.6 Å². The summed E-state index contributed by atoms with van der Waals surface area (Å²) >= 11 is 5.76. The van der Waals surface area contributed by atoms with Crippen LogP contribution in [0, 0.1) is 0 Å². The van der Waals surface area contributed by atoms with Crippen molar-refractivity contribution in [3.05, 3.63) is 53.3 Å². The highest BCUT2D eigenvalue weighted by molar-refractivity contribution is 6.30. The Morgan fingerprint density at radius 3 is 2.80 bits per heavy atom. The highest BCUT2D eigenvalue weighted by Crippen LogP contribution is 2.24. The minimum Gasteiger partial charge on any atom is -0.485 e. The Balaban J connectivity index is 2.05. The minimum absolute atomic E-state index is 0.275. The molecule has 1 heterocycles. The van der Waals surface area contributed by atoms with Crippen molar-refractivity contribution in [2.75, 3.05) is 12.4 Å². The van der Waals surface area contributed by atoms with Crippen LogP contribution >= 0.6 is 11.6 Å². The predicted molar refractivity (Wildman–Crippen MR) is 76.0 cm³/mol. The van der Waals surface area contributed by atoms with Crippen molar-refractivity contribution in [2.24, 2.45) is 0 Å². The van der Waals surface area contributed by atoms with Crippen LogP contribution in [0.4, 0.5) is 10.5 Å².